The first kappa shape index (κ1) is 11.3. The lowest BCUT2D eigenvalue weighted by molar-refractivity contribution is 0.112. The third-order valence-corrected chi connectivity index (χ3v) is 2.25. The van der Waals surface area contributed by atoms with Crippen molar-refractivity contribution in [3.05, 3.63) is 53.5 Å². The molecule has 0 amide bonds. The summed E-state index contributed by atoms with van der Waals surface area (Å²) in [6.45, 7) is 2.35. The van der Waals surface area contributed by atoms with Crippen molar-refractivity contribution < 1.29 is 9.53 Å². The highest BCUT2D eigenvalue weighted by atomic mass is 16.5. The number of hydrogen-bond acceptors (Lipinski definition) is 4. The van der Waals surface area contributed by atoms with Crippen LogP contribution in [0.15, 0.2) is 36.7 Å². The molecule has 86 valence electrons. The van der Waals surface area contributed by atoms with Crippen molar-refractivity contribution in [3.8, 4) is 5.88 Å². The molecule has 2 aromatic rings. The maximum Gasteiger partial charge on any atom is 0.213 e. The second kappa shape index (κ2) is 5.21. The van der Waals surface area contributed by atoms with Gasteiger partial charge in [0.2, 0.25) is 5.88 Å². The van der Waals surface area contributed by atoms with Crippen LogP contribution in [-0.4, -0.2) is 16.3 Å². The lowest BCUT2D eigenvalue weighted by Crippen LogP contribution is -1.98. The molecule has 0 unspecified atom stereocenters. The molecule has 2 heterocycles. The van der Waals surface area contributed by atoms with Crippen molar-refractivity contribution in [2.24, 2.45) is 0 Å². The van der Waals surface area contributed by atoms with E-state index in [2.05, 4.69) is 9.97 Å². The number of aromatic nitrogens is 2. The van der Waals surface area contributed by atoms with Crippen LogP contribution in [0.1, 0.15) is 21.6 Å². The van der Waals surface area contributed by atoms with Crippen molar-refractivity contribution in [2.45, 2.75) is 13.5 Å². The molecular formula is C13H12N2O2. The first-order chi connectivity index (χ1) is 8.28. The Bertz CT molecular complexity index is 492. The van der Waals surface area contributed by atoms with Gasteiger partial charge in [-0.05, 0) is 19.1 Å². The predicted molar refractivity (Wildman–Crippen MR) is 62.9 cm³/mol. The van der Waals surface area contributed by atoms with Gasteiger partial charge in [-0.2, -0.15) is 0 Å². The van der Waals surface area contributed by atoms with Gasteiger partial charge in [-0.1, -0.05) is 6.07 Å². The van der Waals surface area contributed by atoms with Crippen molar-refractivity contribution in [1.82, 2.24) is 9.97 Å². The van der Waals surface area contributed by atoms with Gasteiger partial charge in [-0.3, -0.25) is 9.78 Å². The van der Waals surface area contributed by atoms with E-state index in [0.717, 1.165) is 17.5 Å². The van der Waals surface area contributed by atoms with Crippen LogP contribution in [-0.2, 0) is 6.61 Å². The number of ether oxygens (including phenoxy) is 1. The second-order valence-corrected chi connectivity index (χ2v) is 3.64. The fourth-order valence-electron chi connectivity index (χ4n) is 1.29. The van der Waals surface area contributed by atoms with E-state index in [9.17, 15) is 4.79 Å². The Labute approximate surface area is 99.3 Å². The lowest BCUT2D eigenvalue weighted by atomic mass is 10.3. The second-order valence-electron chi connectivity index (χ2n) is 3.64. The van der Waals surface area contributed by atoms with E-state index in [4.69, 9.17) is 4.74 Å². The molecule has 0 radical (unpaired) electrons. The van der Waals surface area contributed by atoms with E-state index in [1.54, 1.807) is 18.3 Å². The van der Waals surface area contributed by atoms with E-state index in [1.165, 1.54) is 6.20 Å². The topological polar surface area (TPSA) is 52.1 Å². The van der Waals surface area contributed by atoms with Crippen LogP contribution in [0.4, 0.5) is 0 Å². The van der Waals surface area contributed by atoms with Gasteiger partial charge in [0, 0.05) is 35.3 Å². The average Bonchev–Trinajstić information content (AvgIpc) is 2.39. The lowest BCUT2D eigenvalue weighted by Gasteiger charge is -2.05. The molecule has 4 heteroatoms. The van der Waals surface area contributed by atoms with Gasteiger partial charge in [-0.15, -0.1) is 0 Å². The Hall–Kier alpha value is -2.23. The van der Waals surface area contributed by atoms with Gasteiger partial charge in [0.25, 0.3) is 0 Å². The molecule has 0 spiro atoms. The highest BCUT2D eigenvalue weighted by molar-refractivity contribution is 5.73. The molecule has 0 aliphatic heterocycles. The van der Waals surface area contributed by atoms with Gasteiger partial charge in [-0.25, -0.2) is 4.98 Å². The predicted octanol–water partition coefficient (Wildman–Crippen LogP) is 2.18. The summed E-state index contributed by atoms with van der Waals surface area (Å²) in [7, 11) is 0. The highest BCUT2D eigenvalue weighted by Gasteiger charge is 1.98. The van der Waals surface area contributed by atoms with Gasteiger partial charge >= 0.3 is 0 Å². The van der Waals surface area contributed by atoms with Crippen molar-refractivity contribution in [3.63, 3.8) is 0 Å². The van der Waals surface area contributed by atoms with Gasteiger partial charge in [0.1, 0.15) is 6.61 Å². The maximum absolute atomic E-state index is 10.4. The van der Waals surface area contributed by atoms with Crippen LogP contribution in [0.3, 0.4) is 0 Å². The van der Waals surface area contributed by atoms with Crippen LogP contribution >= 0.6 is 0 Å². The van der Waals surface area contributed by atoms with E-state index >= 15 is 0 Å². The minimum atomic E-state index is 0.417. The Morgan fingerprint density at radius 3 is 2.65 bits per heavy atom. The van der Waals surface area contributed by atoms with Crippen LogP contribution in [0, 0.1) is 6.92 Å². The largest absolute Gasteiger partial charge is 0.473 e. The summed E-state index contributed by atoms with van der Waals surface area (Å²) >= 11 is 0. The number of hydrogen-bond donors (Lipinski definition) is 0. The van der Waals surface area contributed by atoms with Crippen LogP contribution in [0.25, 0.3) is 0 Å². The standard InChI is InChI=1S/C13H12N2O2/c1-10-2-3-12(7-14-10)9-17-13-5-4-11(8-16)6-15-13/h2-8H,9H2,1H3. The number of carbonyl (C=O) groups excluding carboxylic acids is 1. The maximum atomic E-state index is 10.4. The number of aryl methyl sites for hydroxylation is 1. The van der Waals surface area contributed by atoms with Gasteiger partial charge in [0.05, 0.1) is 0 Å². The zero-order valence-electron chi connectivity index (χ0n) is 9.46. The summed E-state index contributed by atoms with van der Waals surface area (Å²) in [5, 5.41) is 0. The minimum Gasteiger partial charge on any atom is -0.473 e. The van der Waals surface area contributed by atoms with Gasteiger partial charge < -0.3 is 4.74 Å². The minimum absolute atomic E-state index is 0.417. The molecule has 2 aromatic heterocycles. The quantitative estimate of drug-likeness (QED) is 0.752. The smallest absolute Gasteiger partial charge is 0.213 e. The number of aldehydes is 1. The molecule has 4 nitrogen and oxygen atoms in total. The molecule has 0 saturated carbocycles. The summed E-state index contributed by atoms with van der Waals surface area (Å²) < 4.78 is 5.46. The average molecular weight is 228 g/mol. The summed E-state index contributed by atoms with van der Waals surface area (Å²) in [6, 6.07) is 7.23. The zero-order valence-corrected chi connectivity index (χ0v) is 9.46. The van der Waals surface area contributed by atoms with Crippen molar-refractivity contribution >= 4 is 6.29 Å². The SMILES string of the molecule is Cc1ccc(COc2ccc(C=O)cn2)cn1. The first-order valence-corrected chi connectivity index (χ1v) is 5.23. The molecule has 2 rings (SSSR count). The fraction of sp³-hybridized carbons (Fsp3) is 0.154. The third kappa shape index (κ3) is 3.11. The molecule has 0 atom stereocenters. The number of nitrogens with zero attached hydrogens (tertiary/aromatic N) is 2. The van der Waals surface area contributed by atoms with Crippen LogP contribution in [0.5, 0.6) is 5.88 Å². The molecule has 0 saturated heterocycles. The molecule has 0 bridgehead atoms. The van der Waals surface area contributed by atoms with Crippen molar-refractivity contribution in [2.75, 3.05) is 0 Å². The van der Waals surface area contributed by atoms with Gasteiger partial charge in [0.15, 0.2) is 6.29 Å². The summed E-state index contributed by atoms with van der Waals surface area (Å²) in [4.78, 5) is 18.6. The Kier molecular flexibility index (Phi) is 3.45. The number of rotatable bonds is 4. The number of pyridine rings is 2. The Morgan fingerprint density at radius 2 is 2.06 bits per heavy atom. The molecular weight excluding hydrogens is 216 g/mol. The molecule has 17 heavy (non-hydrogen) atoms. The fourth-order valence-corrected chi connectivity index (χ4v) is 1.29. The summed E-state index contributed by atoms with van der Waals surface area (Å²) in [5.41, 5.74) is 2.49. The highest BCUT2D eigenvalue weighted by Crippen LogP contribution is 2.09. The monoisotopic (exact) mass is 228 g/mol. The van der Waals surface area contributed by atoms with E-state index < -0.39 is 0 Å². The Balaban J connectivity index is 1.97. The van der Waals surface area contributed by atoms with E-state index in [-0.39, 0.29) is 0 Å². The first-order valence-electron chi connectivity index (χ1n) is 5.23. The molecule has 0 N–H and O–H groups in total. The summed E-state index contributed by atoms with van der Waals surface area (Å²) in [5.74, 6) is 0.496. The molecule has 0 aromatic carbocycles. The van der Waals surface area contributed by atoms with E-state index in [1.807, 2.05) is 19.1 Å². The van der Waals surface area contributed by atoms with Crippen LogP contribution in [0.2, 0.25) is 0 Å². The third-order valence-electron chi connectivity index (χ3n) is 2.25. The number of carbonyl (C=O) groups is 1. The Morgan fingerprint density at radius 1 is 1.18 bits per heavy atom. The summed E-state index contributed by atoms with van der Waals surface area (Å²) in [6.07, 6.45) is 4.01. The normalized spacial score (nSPS) is 9.94. The van der Waals surface area contributed by atoms with Crippen molar-refractivity contribution in [1.29, 1.82) is 0 Å². The van der Waals surface area contributed by atoms with Crippen LogP contribution < -0.4 is 4.74 Å². The zero-order chi connectivity index (χ0) is 12.1. The molecule has 0 aliphatic rings. The van der Waals surface area contributed by atoms with E-state index in [0.29, 0.717) is 18.1 Å². The molecule has 0 fully saturated rings. The molecule has 0 aliphatic carbocycles.